The van der Waals surface area contributed by atoms with Crippen molar-refractivity contribution in [1.29, 1.82) is 0 Å². The fourth-order valence-electron chi connectivity index (χ4n) is 4.09. The molecule has 1 fully saturated rings. The summed E-state index contributed by atoms with van der Waals surface area (Å²) in [6.07, 6.45) is 0.743. The van der Waals surface area contributed by atoms with E-state index in [1.165, 1.54) is 0 Å². The zero-order valence-corrected chi connectivity index (χ0v) is 18.4. The molecule has 2 aromatic rings. The van der Waals surface area contributed by atoms with Crippen molar-refractivity contribution in [2.45, 2.75) is 18.9 Å². The van der Waals surface area contributed by atoms with Crippen molar-refractivity contribution in [2.75, 3.05) is 31.4 Å². The molecule has 1 N–H and O–H groups in total. The number of anilines is 1. The fourth-order valence-corrected chi connectivity index (χ4v) is 4.82. The summed E-state index contributed by atoms with van der Waals surface area (Å²) in [6, 6.07) is 14.4. The molecule has 2 amide bonds. The molecular formula is C23H25N3O4S. The number of nitrogens with zero attached hydrogens (tertiary/aromatic N) is 2. The van der Waals surface area contributed by atoms with Gasteiger partial charge in [0, 0.05) is 23.4 Å². The lowest BCUT2D eigenvalue weighted by molar-refractivity contribution is -0.128. The number of hydrogen-bond acceptors (Lipinski definition) is 6. The molecule has 2 aliphatic heterocycles. The molecule has 0 unspecified atom stereocenters. The van der Waals surface area contributed by atoms with Gasteiger partial charge in [-0.2, -0.15) is 0 Å². The van der Waals surface area contributed by atoms with E-state index >= 15 is 0 Å². The summed E-state index contributed by atoms with van der Waals surface area (Å²) in [7, 11) is 3.20. The van der Waals surface area contributed by atoms with E-state index < -0.39 is 12.0 Å². The number of aliphatic imine (C=N–C) groups is 1. The van der Waals surface area contributed by atoms with Crippen LogP contribution in [0.25, 0.3) is 0 Å². The van der Waals surface area contributed by atoms with Gasteiger partial charge in [-0.3, -0.25) is 14.6 Å². The number of thioether (sulfide) groups is 1. The van der Waals surface area contributed by atoms with Gasteiger partial charge in [-0.1, -0.05) is 30.0 Å². The van der Waals surface area contributed by atoms with E-state index in [4.69, 9.17) is 9.47 Å². The number of piperidine rings is 1. The Morgan fingerprint density at radius 1 is 1.13 bits per heavy atom. The zero-order chi connectivity index (χ0) is 21.8. The molecule has 0 bridgehead atoms. The minimum Gasteiger partial charge on any atom is -0.497 e. The van der Waals surface area contributed by atoms with Crippen LogP contribution in [0.3, 0.4) is 0 Å². The molecule has 2 heterocycles. The number of hydrogen-bond donors (Lipinski definition) is 1. The number of rotatable bonds is 5. The van der Waals surface area contributed by atoms with Gasteiger partial charge in [0.15, 0.2) is 5.17 Å². The quantitative estimate of drug-likeness (QED) is 0.772. The summed E-state index contributed by atoms with van der Waals surface area (Å²) >= 11 is 1.54. The zero-order valence-electron chi connectivity index (χ0n) is 17.5. The van der Waals surface area contributed by atoms with E-state index in [9.17, 15) is 9.59 Å². The van der Waals surface area contributed by atoms with Crippen LogP contribution >= 0.6 is 11.8 Å². The van der Waals surface area contributed by atoms with E-state index in [0.717, 1.165) is 11.3 Å². The Bertz CT molecular complexity index is 993. The van der Waals surface area contributed by atoms with Crippen molar-refractivity contribution in [3.8, 4) is 11.5 Å². The van der Waals surface area contributed by atoms with Gasteiger partial charge in [0.2, 0.25) is 11.8 Å². The number of ether oxygens (including phenoxy) is 2. The Kier molecular flexibility index (Phi) is 6.46. The SMILES string of the molecule is COc1ccc(N2C(=O)CC[C@H](C(=O)NC3=NCCS3)[C@@H]2c2ccccc2OC)cc1. The number of carbonyl (C=O) groups is 2. The molecule has 0 saturated carbocycles. The van der Waals surface area contributed by atoms with Crippen LogP contribution in [0, 0.1) is 5.92 Å². The Morgan fingerprint density at radius 2 is 1.90 bits per heavy atom. The number of para-hydroxylation sites is 1. The maximum atomic E-state index is 13.3. The van der Waals surface area contributed by atoms with E-state index in [1.807, 2.05) is 48.5 Å². The number of amidine groups is 1. The van der Waals surface area contributed by atoms with Gasteiger partial charge in [0.25, 0.3) is 0 Å². The first-order chi connectivity index (χ1) is 15.1. The highest BCUT2D eigenvalue weighted by Gasteiger charge is 2.43. The third-order valence-electron chi connectivity index (χ3n) is 5.56. The average molecular weight is 440 g/mol. The number of amides is 2. The molecule has 162 valence electrons. The molecule has 0 aromatic heterocycles. The lowest BCUT2D eigenvalue weighted by atomic mass is 9.82. The van der Waals surface area contributed by atoms with Crippen LogP contribution in [-0.2, 0) is 9.59 Å². The van der Waals surface area contributed by atoms with Gasteiger partial charge in [0.1, 0.15) is 11.5 Å². The predicted molar refractivity (Wildman–Crippen MR) is 122 cm³/mol. The second-order valence-corrected chi connectivity index (χ2v) is 8.40. The summed E-state index contributed by atoms with van der Waals surface area (Å²) in [5, 5.41) is 3.62. The molecule has 2 aromatic carbocycles. The first-order valence-corrected chi connectivity index (χ1v) is 11.2. The van der Waals surface area contributed by atoms with Crippen molar-refractivity contribution < 1.29 is 19.1 Å². The molecule has 7 nitrogen and oxygen atoms in total. The summed E-state index contributed by atoms with van der Waals surface area (Å²) in [5.74, 6) is 1.61. The van der Waals surface area contributed by atoms with E-state index in [2.05, 4.69) is 10.3 Å². The summed E-state index contributed by atoms with van der Waals surface area (Å²) in [5.41, 5.74) is 1.52. The number of benzene rings is 2. The number of nitrogens with one attached hydrogen (secondary N) is 1. The van der Waals surface area contributed by atoms with Gasteiger partial charge >= 0.3 is 0 Å². The lowest BCUT2D eigenvalue weighted by Gasteiger charge is -2.41. The Hall–Kier alpha value is -3.00. The van der Waals surface area contributed by atoms with Crippen LogP contribution in [0.5, 0.6) is 11.5 Å². The highest BCUT2D eigenvalue weighted by Crippen LogP contribution is 2.43. The van der Waals surface area contributed by atoms with Crippen LogP contribution in [0.15, 0.2) is 53.5 Å². The fraction of sp³-hybridized carbons (Fsp3) is 0.348. The maximum absolute atomic E-state index is 13.3. The largest absolute Gasteiger partial charge is 0.497 e. The van der Waals surface area contributed by atoms with Crippen molar-refractivity contribution in [3.63, 3.8) is 0 Å². The highest BCUT2D eigenvalue weighted by atomic mass is 32.2. The molecular weight excluding hydrogens is 414 g/mol. The summed E-state index contributed by atoms with van der Waals surface area (Å²) in [4.78, 5) is 32.5. The second kappa shape index (κ2) is 9.43. The Morgan fingerprint density at radius 3 is 2.58 bits per heavy atom. The first kappa shape index (κ1) is 21.2. The molecule has 2 atom stereocenters. The molecule has 2 aliphatic rings. The van der Waals surface area contributed by atoms with Gasteiger partial charge in [-0.15, -0.1) is 0 Å². The number of methoxy groups -OCH3 is 2. The minimum atomic E-state index is -0.502. The summed E-state index contributed by atoms with van der Waals surface area (Å²) in [6.45, 7) is 0.706. The van der Waals surface area contributed by atoms with Crippen molar-refractivity contribution in [2.24, 2.45) is 10.9 Å². The molecule has 31 heavy (non-hydrogen) atoms. The third kappa shape index (κ3) is 4.39. The van der Waals surface area contributed by atoms with Gasteiger partial charge in [-0.05, 0) is 36.8 Å². The van der Waals surface area contributed by atoms with Gasteiger partial charge < -0.3 is 19.7 Å². The second-order valence-electron chi connectivity index (χ2n) is 7.32. The van der Waals surface area contributed by atoms with Crippen LogP contribution in [0.2, 0.25) is 0 Å². The molecule has 0 aliphatic carbocycles. The molecule has 0 radical (unpaired) electrons. The molecule has 1 saturated heterocycles. The van der Waals surface area contributed by atoms with E-state index in [1.54, 1.807) is 30.9 Å². The van der Waals surface area contributed by atoms with Crippen LogP contribution in [0.4, 0.5) is 5.69 Å². The Labute approximate surface area is 185 Å². The molecule has 0 spiro atoms. The molecule has 8 heteroatoms. The third-order valence-corrected chi connectivity index (χ3v) is 6.45. The van der Waals surface area contributed by atoms with Crippen LogP contribution < -0.4 is 19.7 Å². The summed E-state index contributed by atoms with van der Waals surface area (Å²) < 4.78 is 10.9. The normalized spacial score (nSPS) is 20.9. The van der Waals surface area contributed by atoms with Gasteiger partial charge in [-0.25, -0.2) is 0 Å². The van der Waals surface area contributed by atoms with Crippen molar-refractivity contribution >= 4 is 34.4 Å². The van der Waals surface area contributed by atoms with Gasteiger partial charge in [0.05, 0.1) is 32.7 Å². The molecule has 4 rings (SSSR count). The topological polar surface area (TPSA) is 80.2 Å². The predicted octanol–water partition coefficient (Wildman–Crippen LogP) is 3.41. The van der Waals surface area contributed by atoms with Crippen LogP contribution in [0.1, 0.15) is 24.4 Å². The lowest BCUT2D eigenvalue weighted by Crippen LogP contribution is -2.49. The first-order valence-electron chi connectivity index (χ1n) is 10.2. The van der Waals surface area contributed by atoms with E-state index in [0.29, 0.717) is 35.3 Å². The van der Waals surface area contributed by atoms with Crippen molar-refractivity contribution in [1.82, 2.24) is 5.32 Å². The van der Waals surface area contributed by atoms with Crippen LogP contribution in [-0.4, -0.2) is 43.5 Å². The number of carbonyl (C=O) groups excluding carboxylic acids is 2. The van der Waals surface area contributed by atoms with E-state index in [-0.39, 0.29) is 18.2 Å². The monoisotopic (exact) mass is 439 g/mol. The average Bonchev–Trinajstić information content (AvgIpc) is 3.32. The Balaban J connectivity index is 1.76. The standard InChI is InChI=1S/C23H25N3O4S/c1-29-16-9-7-15(8-10-16)26-20(27)12-11-18(22(28)25-23-24-13-14-31-23)21(26)17-5-3-4-6-19(17)30-2/h3-10,18,21H,11-14H2,1-2H3,(H,24,25,28)/t18-,21-/m0/s1. The smallest absolute Gasteiger partial charge is 0.231 e. The highest BCUT2D eigenvalue weighted by molar-refractivity contribution is 8.14. The van der Waals surface area contributed by atoms with Crippen molar-refractivity contribution in [3.05, 3.63) is 54.1 Å². The minimum absolute atomic E-state index is 0.0299. The maximum Gasteiger partial charge on any atom is 0.231 e.